The van der Waals surface area contributed by atoms with Crippen molar-refractivity contribution in [1.82, 2.24) is 0 Å². The van der Waals surface area contributed by atoms with Crippen LogP contribution in [-0.4, -0.2) is 31.2 Å². The Hall–Kier alpha value is -2.38. The Labute approximate surface area is 202 Å². The second-order valence-electron chi connectivity index (χ2n) is 8.42. The molecule has 4 aromatic rings. The molecule has 0 aliphatic heterocycles. The SMILES string of the molecule is CC[N+](C)(CC)CC[n+]1c(-c2ccccc2)c2cc(N)ccc2c2ccc(N)cc21.[I-]. The topological polar surface area (TPSA) is 55.9 Å². The van der Waals surface area contributed by atoms with E-state index < -0.39 is 0 Å². The zero-order valence-electron chi connectivity index (χ0n) is 18.6. The van der Waals surface area contributed by atoms with Crippen LogP contribution >= 0.6 is 0 Å². The van der Waals surface area contributed by atoms with E-state index in [0.29, 0.717) is 0 Å². The molecule has 1 heterocycles. The van der Waals surface area contributed by atoms with Crippen molar-refractivity contribution in [2.45, 2.75) is 20.4 Å². The highest BCUT2D eigenvalue weighted by Crippen LogP contribution is 2.33. The van der Waals surface area contributed by atoms with Gasteiger partial charge in [0.1, 0.15) is 6.54 Å². The molecule has 0 aliphatic carbocycles. The predicted molar refractivity (Wildman–Crippen MR) is 128 cm³/mol. The number of pyridine rings is 1. The number of hydrogen-bond acceptors (Lipinski definition) is 2. The van der Waals surface area contributed by atoms with E-state index in [2.05, 4.69) is 80.1 Å². The van der Waals surface area contributed by atoms with E-state index in [0.717, 1.165) is 42.0 Å². The van der Waals surface area contributed by atoms with Crippen molar-refractivity contribution in [3.05, 3.63) is 66.7 Å². The van der Waals surface area contributed by atoms with Gasteiger partial charge in [-0.05, 0) is 50.2 Å². The molecule has 0 aliphatic rings. The normalized spacial score (nSPS) is 11.6. The maximum Gasteiger partial charge on any atom is 0.221 e. The number of nitrogens with two attached hydrogens (primary N) is 2. The van der Waals surface area contributed by atoms with Crippen LogP contribution in [-0.2, 0) is 6.54 Å². The average Bonchev–Trinajstić information content (AvgIpc) is 2.77. The first kappa shape index (κ1) is 23.3. The number of nitrogens with zero attached hydrogens (tertiary/aromatic N) is 2. The molecule has 5 heteroatoms. The molecule has 0 spiro atoms. The summed E-state index contributed by atoms with van der Waals surface area (Å²) in [7, 11) is 2.33. The minimum atomic E-state index is 0. The van der Waals surface area contributed by atoms with Crippen LogP contribution in [0.4, 0.5) is 11.4 Å². The van der Waals surface area contributed by atoms with Crippen LogP contribution in [0.3, 0.4) is 0 Å². The molecule has 0 amide bonds. The summed E-state index contributed by atoms with van der Waals surface area (Å²) >= 11 is 0. The number of anilines is 2. The summed E-state index contributed by atoms with van der Waals surface area (Å²) in [4.78, 5) is 0. The van der Waals surface area contributed by atoms with E-state index in [1.54, 1.807) is 0 Å². The highest BCUT2D eigenvalue weighted by Gasteiger charge is 2.27. The second kappa shape index (κ2) is 9.40. The Morgan fingerprint density at radius 2 is 1.39 bits per heavy atom. The summed E-state index contributed by atoms with van der Waals surface area (Å²) < 4.78 is 3.48. The smallest absolute Gasteiger partial charge is 0.221 e. The number of nitrogen functional groups attached to an aromatic ring is 2. The van der Waals surface area contributed by atoms with Crippen LogP contribution in [0.1, 0.15) is 13.8 Å². The molecular formula is C26H32IN4+. The van der Waals surface area contributed by atoms with Crippen molar-refractivity contribution < 1.29 is 33.0 Å². The molecule has 0 fully saturated rings. The van der Waals surface area contributed by atoms with E-state index in [4.69, 9.17) is 11.5 Å². The quantitative estimate of drug-likeness (QED) is 0.132. The van der Waals surface area contributed by atoms with Gasteiger partial charge in [0.15, 0.2) is 6.54 Å². The van der Waals surface area contributed by atoms with Crippen molar-refractivity contribution in [3.63, 3.8) is 0 Å². The number of rotatable bonds is 6. The highest BCUT2D eigenvalue weighted by molar-refractivity contribution is 6.10. The first-order chi connectivity index (χ1) is 14.5. The Kier molecular flexibility index (Phi) is 7.06. The van der Waals surface area contributed by atoms with Gasteiger partial charge < -0.3 is 39.9 Å². The Morgan fingerprint density at radius 3 is 2.03 bits per heavy atom. The summed E-state index contributed by atoms with van der Waals surface area (Å²) in [6, 6.07) is 23.1. The number of quaternary nitrogens is 1. The summed E-state index contributed by atoms with van der Waals surface area (Å²) in [6.07, 6.45) is 0. The molecule has 0 unspecified atom stereocenters. The monoisotopic (exact) mass is 527 g/mol. The van der Waals surface area contributed by atoms with Crippen LogP contribution in [0.15, 0.2) is 66.7 Å². The maximum atomic E-state index is 6.25. The van der Waals surface area contributed by atoms with Gasteiger partial charge in [-0.25, -0.2) is 0 Å². The lowest BCUT2D eigenvalue weighted by atomic mass is 9.98. The van der Waals surface area contributed by atoms with E-state index >= 15 is 0 Å². The minimum Gasteiger partial charge on any atom is -1.00 e. The molecule has 0 bridgehead atoms. The Balaban J connectivity index is 0.00000272. The van der Waals surface area contributed by atoms with E-state index in [9.17, 15) is 0 Å². The van der Waals surface area contributed by atoms with Crippen molar-refractivity contribution in [2.24, 2.45) is 0 Å². The maximum absolute atomic E-state index is 6.25. The fourth-order valence-corrected chi connectivity index (χ4v) is 4.28. The van der Waals surface area contributed by atoms with Gasteiger partial charge in [0.05, 0.1) is 30.9 Å². The van der Waals surface area contributed by atoms with Gasteiger partial charge in [-0.15, -0.1) is 0 Å². The summed E-state index contributed by atoms with van der Waals surface area (Å²) in [6.45, 7) is 8.71. The molecule has 31 heavy (non-hydrogen) atoms. The lowest BCUT2D eigenvalue weighted by molar-refractivity contribution is -0.921. The molecule has 1 aromatic heterocycles. The lowest BCUT2D eigenvalue weighted by Crippen LogP contribution is -3.00. The number of halogens is 1. The third-order valence-electron chi connectivity index (χ3n) is 6.61. The first-order valence-corrected chi connectivity index (χ1v) is 10.8. The summed E-state index contributed by atoms with van der Waals surface area (Å²) in [5.74, 6) is 0. The number of likely N-dealkylation sites (N-methyl/N-ethyl adjacent to an activating group) is 1. The molecule has 162 valence electrons. The van der Waals surface area contributed by atoms with E-state index in [1.807, 2.05) is 12.1 Å². The molecule has 4 nitrogen and oxygen atoms in total. The molecule has 4 rings (SSSR count). The van der Waals surface area contributed by atoms with Crippen molar-refractivity contribution in [3.8, 4) is 11.3 Å². The van der Waals surface area contributed by atoms with Crippen LogP contribution in [0, 0.1) is 0 Å². The van der Waals surface area contributed by atoms with Gasteiger partial charge in [-0.2, -0.15) is 4.57 Å². The summed E-state index contributed by atoms with van der Waals surface area (Å²) in [5.41, 5.74) is 17.6. The Morgan fingerprint density at radius 1 is 0.774 bits per heavy atom. The van der Waals surface area contributed by atoms with Gasteiger partial charge in [0.25, 0.3) is 0 Å². The third kappa shape index (κ3) is 4.48. The predicted octanol–water partition coefficient (Wildman–Crippen LogP) is 1.60. The standard InChI is InChI=1S/C26H31N4.HI/c1-4-30(3,5-2)16-15-29-25-18-21(28)12-14-23(25)22-13-11-20(27)17-24(22)26(29)19-9-7-6-8-10-19;/h6-14,17-18,28H,4-5,15-16,27H2,1-3H3;1H/q+1;. The second-order valence-corrected chi connectivity index (χ2v) is 8.42. The van der Waals surface area contributed by atoms with Crippen molar-refractivity contribution in [2.75, 3.05) is 38.1 Å². The van der Waals surface area contributed by atoms with Crippen LogP contribution in [0.5, 0.6) is 0 Å². The first-order valence-electron chi connectivity index (χ1n) is 10.8. The van der Waals surface area contributed by atoms with Crippen LogP contribution < -0.4 is 40.0 Å². The zero-order valence-corrected chi connectivity index (χ0v) is 20.8. The van der Waals surface area contributed by atoms with Gasteiger partial charge >= 0.3 is 0 Å². The zero-order chi connectivity index (χ0) is 21.3. The Bertz CT molecular complexity index is 1200. The molecule has 0 radical (unpaired) electrons. The lowest BCUT2D eigenvalue weighted by Gasteiger charge is -2.31. The summed E-state index contributed by atoms with van der Waals surface area (Å²) in [5, 5.41) is 3.60. The number of benzene rings is 3. The number of fused-ring (bicyclic) bond motifs is 3. The molecular weight excluding hydrogens is 495 g/mol. The van der Waals surface area contributed by atoms with Gasteiger partial charge in [-0.3, -0.25) is 0 Å². The molecule has 3 aromatic carbocycles. The van der Waals surface area contributed by atoms with Crippen molar-refractivity contribution in [1.29, 1.82) is 0 Å². The van der Waals surface area contributed by atoms with Gasteiger partial charge in [0, 0.05) is 28.4 Å². The van der Waals surface area contributed by atoms with E-state index in [-0.39, 0.29) is 24.0 Å². The fraction of sp³-hybridized carbons (Fsp3) is 0.269. The molecule has 0 saturated carbocycles. The molecule has 0 saturated heterocycles. The molecule has 4 N–H and O–H groups in total. The van der Waals surface area contributed by atoms with Gasteiger partial charge in [0.2, 0.25) is 11.2 Å². The van der Waals surface area contributed by atoms with Crippen LogP contribution in [0.25, 0.3) is 32.9 Å². The number of hydrogen-bond donors (Lipinski definition) is 2. The van der Waals surface area contributed by atoms with Gasteiger partial charge in [-0.1, -0.05) is 24.3 Å². The average molecular weight is 527 g/mol. The minimum absolute atomic E-state index is 0. The highest BCUT2D eigenvalue weighted by atomic mass is 127. The molecule has 0 atom stereocenters. The third-order valence-corrected chi connectivity index (χ3v) is 6.61. The van der Waals surface area contributed by atoms with E-state index in [1.165, 1.54) is 32.9 Å². The van der Waals surface area contributed by atoms with Crippen LogP contribution in [0.2, 0.25) is 0 Å². The fourth-order valence-electron chi connectivity index (χ4n) is 4.28. The number of aromatic nitrogens is 1. The largest absolute Gasteiger partial charge is 1.00 e. The van der Waals surface area contributed by atoms with Crippen molar-refractivity contribution >= 4 is 33.1 Å².